The first-order valence-electron chi connectivity index (χ1n) is 6.54. The molecule has 1 saturated heterocycles. The zero-order valence-electron chi connectivity index (χ0n) is 10.7. The van der Waals surface area contributed by atoms with E-state index in [1.165, 1.54) is 48.1 Å². The van der Waals surface area contributed by atoms with Gasteiger partial charge in [-0.1, -0.05) is 18.2 Å². The van der Waals surface area contributed by atoms with Crippen LogP contribution in [0.15, 0.2) is 24.3 Å². The molecule has 1 aliphatic rings. The van der Waals surface area contributed by atoms with Crippen LogP contribution in [0.2, 0.25) is 0 Å². The zero-order chi connectivity index (χ0) is 11.8. The molecule has 3 rings (SSSR count). The summed E-state index contributed by atoms with van der Waals surface area (Å²) in [6, 6.07) is 8.75. The van der Waals surface area contributed by atoms with Gasteiger partial charge in [0.2, 0.25) is 0 Å². The monoisotopic (exact) mass is 228 g/mol. The molecule has 1 aromatic heterocycles. The smallest absolute Gasteiger partial charge is 0.0753 e. The van der Waals surface area contributed by atoms with Crippen LogP contribution in [0.3, 0.4) is 0 Å². The number of para-hydroxylation sites is 1. The maximum Gasteiger partial charge on any atom is 0.0753 e. The molecule has 0 aliphatic carbocycles. The molecule has 90 valence electrons. The molecule has 0 N–H and O–H groups in total. The predicted molar refractivity (Wildman–Crippen MR) is 72.2 cm³/mol. The van der Waals surface area contributed by atoms with E-state index >= 15 is 0 Å². The SMILES string of the molecule is Cc1c(C)n(CN2CCCC2)c2ccccc12. The summed E-state index contributed by atoms with van der Waals surface area (Å²) in [5, 5.41) is 1.41. The molecular weight excluding hydrogens is 208 g/mol. The second-order valence-electron chi connectivity index (χ2n) is 5.12. The van der Waals surface area contributed by atoms with E-state index in [9.17, 15) is 0 Å². The first-order valence-corrected chi connectivity index (χ1v) is 6.54. The van der Waals surface area contributed by atoms with E-state index in [2.05, 4.69) is 47.6 Å². The van der Waals surface area contributed by atoms with Gasteiger partial charge in [0.1, 0.15) is 0 Å². The Morgan fingerprint density at radius 2 is 1.76 bits per heavy atom. The van der Waals surface area contributed by atoms with Gasteiger partial charge in [0.05, 0.1) is 6.67 Å². The van der Waals surface area contributed by atoms with Gasteiger partial charge in [0.15, 0.2) is 0 Å². The number of nitrogens with zero attached hydrogens (tertiary/aromatic N) is 2. The molecule has 2 heteroatoms. The van der Waals surface area contributed by atoms with Crippen LogP contribution in [0, 0.1) is 13.8 Å². The molecule has 0 radical (unpaired) electrons. The quantitative estimate of drug-likeness (QED) is 0.765. The Morgan fingerprint density at radius 3 is 2.53 bits per heavy atom. The van der Waals surface area contributed by atoms with Crippen molar-refractivity contribution in [2.24, 2.45) is 0 Å². The van der Waals surface area contributed by atoms with Crippen LogP contribution in [0.5, 0.6) is 0 Å². The maximum atomic E-state index is 2.55. The molecule has 1 aromatic carbocycles. The number of rotatable bonds is 2. The van der Waals surface area contributed by atoms with E-state index in [1.54, 1.807) is 0 Å². The van der Waals surface area contributed by atoms with E-state index in [-0.39, 0.29) is 0 Å². The van der Waals surface area contributed by atoms with Crippen molar-refractivity contribution >= 4 is 10.9 Å². The fourth-order valence-electron chi connectivity index (χ4n) is 2.91. The standard InChI is InChI=1S/C15H20N2/c1-12-13(2)17(11-16-9-5-6-10-16)15-8-4-3-7-14(12)15/h3-4,7-8H,5-6,9-11H2,1-2H3. The Bertz CT molecular complexity index is 533. The van der Waals surface area contributed by atoms with Crippen molar-refractivity contribution in [3.8, 4) is 0 Å². The Labute approximate surface area is 103 Å². The van der Waals surface area contributed by atoms with Gasteiger partial charge >= 0.3 is 0 Å². The minimum atomic E-state index is 1.06. The van der Waals surface area contributed by atoms with E-state index in [0.29, 0.717) is 0 Å². The van der Waals surface area contributed by atoms with Gasteiger partial charge in [0.25, 0.3) is 0 Å². The number of fused-ring (bicyclic) bond motifs is 1. The summed E-state index contributed by atoms with van der Waals surface area (Å²) in [6.45, 7) is 8.04. The maximum absolute atomic E-state index is 2.55. The van der Waals surface area contributed by atoms with Crippen molar-refractivity contribution in [1.82, 2.24) is 9.47 Å². The van der Waals surface area contributed by atoms with Gasteiger partial charge in [-0.25, -0.2) is 0 Å². The van der Waals surface area contributed by atoms with Crippen LogP contribution < -0.4 is 0 Å². The van der Waals surface area contributed by atoms with Crippen molar-refractivity contribution in [2.45, 2.75) is 33.4 Å². The lowest BCUT2D eigenvalue weighted by Crippen LogP contribution is -2.23. The minimum absolute atomic E-state index is 1.06. The number of aromatic nitrogens is 1. The Kier molecular flexibility index (Phi) is 2.67. The lowest BCUT2D eigenvalue weighted by atomic mass is 10.2. The molecular formula is C15H20N2. The molecule has 0 atom stereocenters. The molecule has 17 heavy (non-hydrogen) atoms. The molecule has 2 aromatic rings. The molecule has 0 spiro atoms. The first-order chi connectivity index (χ1) is 8.27. The van der Waals surface area contributed by atoms with Gasteiger partial charge in [-0.3, -0.25) is 4.90 Å². The Hall–Kier alpha value is -1.28. The second-order valence-corrected chi connectivity index (χ2v) is 5.12. The summed E-state index contributed by atoms with van der Waals surface area (Å²) in [6.07, 6.45) is 2.72. The van der Waals surface area contributed by atoms with E-state index in [0.717, 1.165) is 6.67 Å². The van der Waals surface area contributed by atoms with Crippen molar-refractivity contribution in [1.29, 1.82) is 0 Å². The lowest BCUT2D eigenvalue weighted by Gasteiger charge is -2.18. The third-order valence-electron chi connectivity index (χ3n) is 4.09. The molecule has 0 saturated carbocycles. The van der Waals surface area contributed by atoms with Crippen LogP contribution in [-0.4, -0.2) is 22.6 Å². The number of aryl methyl sites for hydroxylation is 1. The highest BCUT2D eigenvalue weighted by Crippen LogP contribution is 2.25. The average Bonchev–Trinajstić information content (AvgIpc) is 2.94. The van der Waals surface area contributed by atoms with Crippen molar-refractivity contribution in [2.75, 3.05) is 13.1 Å². The molecule has 0 bridgehead atoms. The molecule has 1 fully saturated rings. The first kappa shape index (κ1) is 10.8. The van der Waals surface area contributed by atoms with E-state index in [1.807, 2.05) is 0 Å². The highest BCUT2D eigenvalue weighted by atomic mass is 15.3. The summed E-state index contributed by atoms with van der Waals surface area (Å²) < 4.78 is 2.47. The lowest BCUT2D eigenvalue weighted by molar-refractivity contribution is 0.272. The van der Waals surface area contributed by atoms with Crippen LogP contribution in [0.25, 0.3) is 10.9 Å². The normalized spacial score (nSPS) is 17.1. The Morgan fingerprint density at radius 1 is 1.06 bits per heavy atom. The summed E-state index contributed by atoms with van der Waals surface area (Å²) in [5.74, 6) is 0. The van der Waals surface area contributed by atoms with Gasteiger partial charge in [-0.15, -0.1) is 0 Å². The third-order valence-corrected chi connectivity index (χ3v) is 4.09. The summed E-state index contributed by atoms with van der Waals surface area (Å²) in [5.41, 5.74) is 4.23. The van der Waals surface area contributed by atoms with Crippen LogP contribution >= 0.6 is 0 Å². The Balaban J connectivity index is 2.05. The van der Waals surface area contributed by atoms with E-state index in [4.69, 9.17) is 0 Å². The van der Waals surface area contributed by atoms with E-state index < -0.39 is 0 Å². The van der Waals surface area contributed by atoms with Gasteiger partial charge < -0.3 is 4.57 Å². The summed E-state index contributed by atoms with van der Waals surface area (Å²) >= 11 is 0. The number of benzene rings is 1. The van der Waals surface area contributed by atoms with Crippen LogP contribution in [0.1, 0.15) is 24.1 Å². The van der Waals surface area contributed by atoms with Gasteiger partial charge in [-0.2, -0.15) is 0 Å². The van der Waals surface area contributed by atoms with Crippen molar-refractivity contribution in [3.63, 3.8) is 0 Å². The zero-order valence-corrected chi connectivity index (χ0v) is 10.7. The molecule has 1 aliphatic heterocycles. The third kappa shape index (κ3) is 1.77. The molecule has 0 unspecified atom stereocenters. The number of hydrogen-bond donors (Lipinski definition) is 0. The minimum Gasteiger partial charge on any atom is -0.331 e. The molecule has 2 heterocycles. The topological polar surface area (TPSA) is 8.17 Å². The molecule has 0 amide bonds. The van der Waals surface area contributed by atoms with Gasteiger partial charge in [-0.05, 0) is 51.4 Å². The van der Waals surface area contributed by atoms with Crippen LogP contribution in [0.4, 0.5) is 0 Å². The highest BCUT2D eigenvalue weighted by molar-refractivity contribution is 5.85. The fraction of sp³-hybridized carbons (Fsp3) is 0.467. The van der Waals surface area contributed by atoms with Crippen LogP contribution in [-0.2, 0) is 6.67 Å². The predicted octanol–water partition coefficient (Wildman–Crippen LogP) is 3.31. The highest BCUT2D eigenvalue weighted by Gasteiger charge is 2.15. The second kappa shape index (κ2) is 4.19. The van der Waals surface area contributed by atoms with Gasteiger partial charge in [0, 0.05) is 16.6 Å². The fourth-order valence-corrected chi connectivity index (χ4v) is 2.91. The average molecular weight is 228 g/mol. The van der Waals surface area contributed by atoms with Crippen molar-refractivity contribution in [3.05, 3.63) is 35.5 Å². The summed E-state index contributed by atoms with van der Waals surface area (Å²) in [4.78, 5) is 2.55. The molecule has 2 nitrogen and oxygen atoms in total. The number of hydrogen-bond acceptors (Lipinski definition) is 1. The summed E-state index contributed by atoms with van der Waals surface area (Å²) in [7, 11) is 0. The number of likely N-dealkylation sites (tertiary alicyclic amines) is 1. The van der Waals surface area contributed by atoms with Crippen molar-refractivity contribution < 1.29 is 0 Å². The largest absolute Gasteiger partial charge is 0.331 e.